The van der Waals surface area contributed by atoms with E-state index in [4.69, 9.17) is 4.74 Å². The molecule has 0 spiro atoms. The lowest BCUT2D eigenvalue weighted by molar-refractivity contribution is -0.160. The summed E-state index contributed by atoms with van der Waals surface area (Å²) in [4.78, 5) is 24.5. The molecule has 0 aromatic heterocycles. The Morgan fingerprint density at radius 2 is 1.89 bits per heavy atom. The van der Waals surface area contributed by atoms with E-state index in [-0.39, 0.29) is 17.1 Å². The van der Waals surface area contributed by atoms with E-state index in [1.807, 2.05) is 0 Å². The van der Waals surface area contributed by atoms with Gasteiger partial charge in [-0.25, -0.2) is 0 Å². The molecule has 0 bridgehead atoms. The van der Waals surface area contributed by atoms with E-state index in [2.05, 4.69) is 38.7 Å². The first-order valence-corrected chi connectivity index (χ1v) is 13.3. The molecular weight excluding hydrogens is 440 g/mol. The third kappa shape index (κ3) is 4.99. The monoisotopic (exact) mass is 482 g/mol. The first-order chi connectivity index (χ1) is 16.4. The summed E-state index contributed by atoms with van der Waals surface area (Å²) in [5, 5.41) is 20.3. The summed E-state index contributed by atoms with van der Waals surface area (Å²) in [5.41, 5.74) is 3.14. The molecule has 0 aromatic rings. The van der Waals surface area contributed by atoms with E-state index < -0.39 is 23.8 Å². The van der Waals surface area contributed by atoms with Gasteiger partial charge in [-0.2, -0.15) is 0 Å². The van der Waals surface area contributed by atoms with Crippen molar-refractivity contribution < 1.29 is 24.5 Å². The lowest BCUT2D eigenvalue weighted by Crippen LogP contribution is -2.36. The van der Waals surface area contributed by atoms with E-state index in [1.165, 1.54) is 18.9 Å². The minimum absolute atomic E-state index is 0.0350. The van der Waals surface area contributed by atoms with Crippen molar-refractivity contribution >= 4 is 11.8 Å². The molecule has 4 aliphatic carbocycles. The Hall–Kier alpha value is -1.98. The number of hydrogen-bond acceptors (Lipinski definition) is 5. The highest BCUT2D eigenvalue weighted by molar-refractivity contribution is 6.04. The van der Waals surface area contributed by atoms with E-state index >= 15 is 0 Å². The number of rotatable bonds is 4. The van der Waals surface area contributed by atoms with E-state index in [0.29, 0.717) is 37.5 Å². The average Bonchev–Trinajstić information content (AvgIpc) is 3.26. The van der Waals surface area contributed by atoms with Gasteiger partial charge in [0.05, 0.1) is 12.2 Å². The standard InChI is InChI=1S/C30H42O5/c1-18(15-23-12-14-30(5,28(23)34)35-20(3)31)25-10-11-26-21(7-6-13-29(25,26)4)8-9-22-16-24(32)17-27(33)19(22)2/h8-9,15,18,24-27,32-33H,2,6-7,10-14,16-17H2,1,3-5H3/b21-8+,22-9-,23-15+/t18?,24-,25-,26?,27+,29-,30?/m1/s1. The van der Waals surface area contributed by atoms with Gasteiger partial charge in [-0.05, 0) is 98.2 Å². The smallest absolute Gasteiger partial charge is 0.303 e. The Labute approximate surface area is 210 Å². The molecule has 0 amide bonds. The fourth-order valence-corrected chi connectivity index (χ4v) is 7.56. The second-order valence-corrected chi connectivity index (χ2v) is 11.9. The third-order valence-electron chi connectivity index (χ3n) is 9.41. The van der Waals surface area contributed by atoms with Crippen molar-refractivity contribution in [2.24, 2.45) is 23.2 Å². The molecule has 3 unspecified atom stereocenters. The molecule has 2 N–H and O–H groups in total. The van der Waals surface area contributed by atoms with Crippen LogP contribution in [0.4, 0.5) is 0 Å². The largest absolute Gasteiger partial charge is 0.451 e. The zero-order valence-electron chi connectivity index (χ0n) is 21.8. The molecule has 4 saturated carbocycles. The number of Topliss-reactive ketones (excluding diaryl/α,β-unsaturated/α-hetero) is 1. The van der Waals surface area contributed by atoms with Crippen LogP contribution >= 0.6 is 0 Å². The molecule has 0 saturated heterocycles. The minimum atomic E-state index is -1.02. The van der Waals surface area contributed by atoms with Crippen LogP contribution in [0.2, 0.25) is 0 Å². The van der Waals surface area contributed by atoms with Gasteiger partial charge in [-0.1, -0.05) is 44.2 Å². The first-order valence-electron chi connectivity index (χ1n) is 13.3. The molecule has 0 heterocycles. The number of aliphatic hydroxyl groups excluding tert-OH is 2. The third-order valence-corrected chi connectivity index (χ3v) is 9.41. The van der Waals surface area contributed by atoms with Gasteiger partial charge < -0.3 is 14.9 Å². The van der Waals surface area contributed by atoms with E-state index in [1.54, 1.807) is 6.92 Å². The van der Waals surface area contributed by atoms with E-state index in [9.17, 15) is 19.8 Å². The van der Waals surface area contributed by atoms with Gasteiger partial charge in [-0.3, -0.25) is 9.59 Å². The predicted octanol–water partition coefficient (Wildman–Crippen LogP) is 5.37. The van der Waals surface area contributed by atoms with Crippen LogP contribution in [0.25, 0.3) is 0 Å². The summed E-state index contributed by atoms with van der Waals surface area (Å²) in [6.45, 7) is 11.8. The average molecular weight is 483 g/mol. The Morgan fingerprint density at radius 1 is 1.14 bits per heavy atom. The zero-order chi connectivity index (χ0) is 25.5. The van der Waals surface area contributed by atoms with Crippen LogP contribution in [0.1, 0.15) is 85.5 Å². The number of ketones is 1. The van der Waals surface area contributed by atoms with Crippen LogP contribution < -0.4 is 0 Å². The lowest BCUT2D eigenvalue weighted by Gasteiger charge is -2.44. The molecule has 4 rings (SSSR count). The molecule has 4 aliphatic rings. The number of aliphatic hydroxyl groups is 2. The quantitative estimate of drug-likeness (QED) is 0.415. The second-order valence-electron chi connectivity index (χ2n) is 11.9. The summed E-state index contributed by atoms with van der Waals surface area (Å²) >= 11 is 0. The SMILES string of the molecule is C=C1/C(=C\C=C2/CCC[C@@]3(C)C2CC[C@@H]3C(C)/C=C2\CCC(C)(OC(C)=O)C2=O)C[C@@H](O)C[C@@H]1O. The van der Waals surface area contributed by atoms with Gasteiger partial charge >= 0.3 is 5.97 Å². The van der Waals surface area contributed by atoms with Crippen LogP contribution in [0.5, 0.6) is 0 Å². The molecule has 0 radical (unpaired) electrons. The van der Waals surface area contributed by atoms with Crippen LogP contribution in [0, 0.1) is 23.2 Å². The van der Waals surface area contributed by atoms with Crippen LogP contribution in [-0.2, 0) is 14.3 Å². The molecule has 35 heavy (non-hydrogen) atoms. The molecule has 4 fully saturated rings. The van der Waals surface area contributed by atoms with Gasteiger partial charge in [0.1, 0.15) is 0 Å². The topological polar surface area (TPSA) is 83.8 Å². The Bertz CT molecular complexity index is 987. The van der Waals surface area contributed by atoms with Gasteiger partial charge in [-0.15, -0.1) is 0 Å². The fraction of sp³-hybridized carbons (Fsp3) is 0.667. The van der Waals surface area contributed by atoms with Crippen molar-refractivity contribution in [1.82, 2.24) is 0 Å². The summed E-state index contributed by atoms with van der Waals surface area (Å²) in [5.74, 6) is 0.852. The van der Waals surface area contributed by atoms with Crippen molar-refractivity contribution in [3.05, 3.63) is 47.1 Å². The van der Waals surface area contributed by atoms with E-state index in [0.717, 1.165) is 42.4 Å². The summed E-state index contributed by atoms with van der Waals surface area (Å²) in [6.07, 6.45) is 13.2. The Morgan fingerprint density at radius 3 is 2.60 bits per heavy atom. The number of esters is 1. The first kappa shape index (κ1) is 26.1. The van der Waals surface area contributed by atoms with Crippen LogP contribution in [0.15, 0.2) is 47.1 Å². The lowest BCUT2D eigenvalue weighted by atomic mass is 9.61. The maximum Gasteiger partial charge on any atom is 0.303 e. The summed E-state index contributed by atoms with van der Waals surface area (Å²) in [6, 6.07) is 0. The number of ether oxygens (including phenoxy) is 1. The maximum atomic E-state index is 13.0. The molecule has 0 aromatic carbocycles. The highest BCUT2D eigenvalue weighted by Gasteiger charge is 2.51. The number of allylic oxidation sites excluding steroid dienone is 4. The van der Waals surface area contributed by atoms with Crippen LogP contribution in [0.3, 0.4) is 0 Å². The van der Waals surface area contributed by atoms with Crippen molar-refractivity contribution in [3.8, 4) is 0 Å². The van der Waals surface area contributed by atoms with Gasteiger partial charge in [0.15, 0.2) is 5.60 Å². The molecule has 0 aliphatic heterocycles. The van der Waals surface area contributed by atoms with Gasteiger partial charge in [0.25, 0.3) is 0 Å². The highest BCUT2D eigenvalue weighted by atomic mass is 16.6. The Balaban J connectivity index is 1.51. The molecule has 7 atom stereocenters. The fourth-order valence-electron chi connectivity index (χ4n) is 7.56. The molecule has 5 heteroatoms. The minimum Gasteiger partial charge on any atom is -0.451 e. The zero-order valence-corrected chi connectivity index (χ0v) is 21.8. The second kappa shape index (κ2) is 9.82. The summed E-state index contributed by atoms with van der Waals surface area (Å²) in [7, 11) is 0. The molecule has 5 nitrogen and oxygen atoms in total. The number of carbonyl (C=O) groups excluding carboxylic acids is 2. The maximum absolute atomic E-state index is 13.0. The number of fused-ring (bicyclic) bond motifs is 1. The van der Waals surface area contributed by atoms with Crippen molar-refractivity contribution in [2.75, 3.05) is 0 Å². The predicted molar refractivity (Wildman–Crippen MR) is 136 cm³/mol. The van der Waals surface area contributed by atoms with Gasteiger partial charge in [0.2, 0.25) is 5.78 Å². The molecule has 192 valence electrons. The highest BCUT2D eigenvalue weighted by Crippen LogP contribution is 2.59. The number of carbonyl (C=O) groups is 2. The molecular formula is C30H42O5. The number of hydrogen-bond donors (Lipinski definition) is 2. The normalized spacial score (nSPS) is 42.1. The van der Waals surface area contributed by atoms with Crippen molar-refractivity contribution in [1.29, 1.82) is 0 Å². The van der Waals surface area contributed by atoms with Crippen molar-refractivity contribution in [2.45, 2.75) is 103 Å². The van der Waals surface area contributed by atoms with Crippen LogP contribution in [-0.4, -0.2) is 39.8 Å². The Kier molecular flexibility index (Phi) is 7.32. The summed E-state index contributed by atoms with van der Waals surface area (Å²) < 4.78 is 5.39. The van der Waals surface area contributed by atoms with Gasteiger partial charge in [0, 0.05) is 13.3 Å². The van der Waals surface area contributed by atoms with Crippen molar-refractivity contribution in [3.63, 3.8) is 0 Å².